The summed E-state index contributed by atoms with van der Waals surface area (Å²) in [6, 6.07) is 16.5. The molecule has 6 nitrogen and oxygen atoms in total. The number of nitrogens with one attached hydrogen (secondary N) is 3. The van der Waals surface area contributed by atoms with Crippen molar-refractivity contribution in [1.29, 1.82) is 0 Å². The first-order valence-electron chi connectivity index (χ1n) is 15.0. The molecule has 2 fully saturated rings. The van der Waals surface area contributed by atoms with Gasteiger partial charge in [-0.1, -0.05) is 75.9 Å². The van der Waals surface area contributed by atoms with Crippen LogP contribution >= 0.6 is 11.6 Å². The molecule has 1 saturated carbocycles. The molecule has 0 radical (unpaired) electrons. The lowest BCUT2D eigenvalue weighted by Crippen LogP contribution is -2.60. The average Bonchev–Trinajstić information content (AvgIpc) is 3.42. The highest BCUT2D eigenvalue weighted by atomic mass is 35.5. The van der Waals surface area contributed by atoms with Crippen LogP contribution in [0.2, 0.25) is 5.02 Å². The standard InChI is InChI=1S/C35H37ClFN3O3/c1-20-11-16-24-26(19-20)39-32(43)35(24)27(23-9-8-10-25(36)28(23)37)29(40-34(35)17-6-5-7-18-34)31(42)38-22-14-12-21(13-15-22)30(41)33(2,3)4/h8-16,19,27,29,40H,5-7,17-18H2,1-4H3,(H,38,42)(H,39,43)/t27-,29+,35+/m0/s1. The van der Waals surface area contributed by atoms with Crippen LogP contribution in [0.5, 0.6) is 0 Å². The Morgan fingerprint density at radius 2 is 1.70 bits per heavy atom. The third-order valence-corrected chi connectivity index (χ3v) is 9.89. The highest BCUT2D eigenvalue weighted by Crippen LogP contribution is 2.62. The highest BCUT2D eigenvalue weighted by molar-refractivity contribution is 6.30. The van der Waals surface area contributed by atoms with Gasteiger partial charge in [-0.2, -0.15) is 0 Å². The van der Waals surface area contributed by atoms with Crippen molar-refractivity contribution in [1.82, 2.24) is 5.32 Å². The molecule has 2 spiro atoms. The molecule has 224 valence electrons. The second-order valence-corrected chi connectivity index (χ2v) is 13.7. The van der Waals surface area contributed by atoms with Crippen LogP contribution in [-0.2, 0) is 15.0 Å². The van der Waals surface area contributed by atoms with Gasteiger partial charge in [0.25, 0.3) is 0 Å². The fourth-order valence-electron chi connectivity index (χ4n) is 7.72. The van der Waals surface area contributed by atoms with Gasteiger partial charge in [-0.3, -0.25) is 19.7 Å². The SMILES string of the molecule is Cc1ccc2c(c1)NC(=O)[C@]21[C@@H](c2cccc(Cl)c2F)[C@H](C(=O)Nc2ccc(C(=O)C(C)(C)C)cc2)NC12CCCCC2. The Morgan fingerprint density at radius 1 is 1.00 bits per heavy atom. The lowest BCUT2D eigenvalue weighted by atomic mass is 9.55. The molecule has 0 aromatic heterocycles. The summed E-state index contributed by atoms with van der Waals surface area (Å²) in [6.45, 7) is 7.55. The Labute approximate surface area is 256 Å². The number of ketones is 1. The van der Waals surface area contributed by atoms with E-state index in [2.05, 4.69) is 16.0 Å². The zero-order valence-corrected chi connectivity index (χ0v) is 25.7. The minimum atomic E-state index is -1.24. The topological polar surface area (TPSA) is 87.3 Å². The van der Waals surface area contributed by atoms with Gasteiger partial charge in [0, 0.05) is 33.8 Å². The molecule has 3 atom stereocenters. The third-order valence-electron chi connectivity index (χ3n) is 9.59. The summed E-state index contributed by atoms with van der Waals surface area (Å²) in [5.41, 5.74) is 1.21. The molecule has 3 N–H and O–H groups in total. The van der Waals surface area contributed by atoms with Gasteiger partial charge in [-0.05, 0) is 72.9 Å². The van der Waals surface area contributed by atoms with Crippen molar-refractivity contribution >= 4 is 40.6 Å². The van der Waals surface area contributed by atoms with Gasteiger partial charge >= 0.3 is 0 Å². The van der Waals surface area contributed by atoms with Crippen LogP contribution in [0, 0.1) is 18.2 Å². The summed E-state index contributed by atoms with van der Waals surface area (Å²) in [4.78, 5) is 41.5. The summed E-state index contributed by atoms with van der Waals surface area (Å²) in [6.07, 6.45) is 4.12. The van der Waals surface area contributed by atoms with Gasteiger partial charge in [-0.25, -0.2) is 4.39 Å². The van der Waals surface area contributed by atoms with Crippen molar-refractivity contribution < 1.29 is 18.8 Å². The molecule has 8 heteroatoms. The van der Waals surface area contributed by atoms with E-state index in [9.17, 15) is 14.4 Å². The molecule has 3 aromatic rings. The minimum Gasteiger partial charge on any atom is -0.325 e. The second-order valence-electron chi connectivity index (χ2n) is 13.3. The van der Waals surface area contributed by atoms with Crippen molar-refractivity contribution in [2.24, 2.45) is 5.41 Å². The molecular weight excluding hydrogens is 565 g/mol. The second kappa shape index (κ2) is 10.6. The number of halogens is 2. The number of aryl methyl sites for hydroxylation is 1. The van der Waals surface area contributed by atoms with Crippen LogP contribution in [0.3, 0.4) is 0 Å². The van der Waals surface area contributed by atoms with E-state index in [0.717, 1.165) is 30.4 Å². The largest absolute Gasteiger partial charge is 0.325 e. The first-order valence-corrected chi connectivity index (χ1v) is 15.4. The van der Waals surface area contributed by atoms with Crippen LogP contribution in [0.15, 0.2) is 60.7 Å². The predicted molar refractivity (Wildman–Crippen MR) is 167 cm³/mol. The number of anilines is 2. The average molecular weight is 602 g/mol. The zero-order valence-electron chi connectivity index (χ0n) is 24.9. The van der Waals surface area contributed by atoms with Gasteiger partial charge in [-0.15, -0.1) is 0 Å². The molecule has 0 bridgehead atoms. The van der Waals surface area contributed by atoms with Crippen molar-refractivity contribution in [3.63, 3.8) is 0 Å². The summed E-state index contributed by atoms with van der Waals surface area (Å²) in [5, 5.41) is 9.71. The molecule has 3 aromatic carbocycles. The maximum atomic E-state index is 16.0. The van der Waals surface area contributed by atoms with E-state index < -0.39 is 34.1 Å². The van der Waals surface area contributed by atoms with E-state index in [0.29, 0.717) is 29.8 Å². The predicted octanol–water partition coefficient (Wildman–Crippen LogP) is 7.30. The number of carbonyl (C=O) groups excluding carboxylic acids is 3. The number of hydrogen-bond donors (Lipinski definition) is 3. The summed E-state index contributed by atoms with van der Waals surface area (Å²) < 4.78 is 16.0. The van der Waals surface area contributed by atoms with E-state index in [1.54, 1.807) is 36.4 Å². The number of benzene rings is 3. The van der Waals surface area contributed by atoms with Crippen LogP contribution in [-0.4, -0.2) is 29.2 Å². The lowest BCUT2D eigenvalue weighted by molar-refractivity contribution is -0.124. The van der Waals surface area contributed by atoms with Crippen LogP contribution in [0.4, 0.5) is 15.8 Å². The Morgan fingerprint density at radius 3 is 2.37 bits per heavy atom. The van der Waals surface area contributed by atoms with E-state index >= 15 is 4.39 Å². The molecule has 1 aliphatic carbocycles. The van der Waals surface area contributed by atoms with Gasteiger partial charge in [0.2, 0.25) is 11.8 Å². The Balaban J connectivity index is 1.49. The zero-order chi connectivity index (χ0) is 30.7. The number of fused-ring (bicyclic) bond motifs is 3. The van der Waals surface area contributed by atoms with E-state index in [1.807, 2.05) is 45.9 Å². The van der Waals surface area contributed by atoms with Crippen molar-refractivity contribution in [2.75, 3.05) is 10.6 Å². The summed E-state index contributed by atoms with van der Waals surface area (Å²) in [5.74, 6) is -2.11. The van der Waals surface area contributed by atoms with E-state index in [1.165, 1.54) is 6.07 Å². The maximum Gasteiger partial charge on any atom is 0.242 e. The highest BCUT2D eigenvalue weighted by Gasteiger charge is 2.72. The monoisotopic (exact) mass is 601 g/mol. The first-order chi connectivity index (χ1) is 20.4. The smallest absolute Gasteiger partial charge is 0.242 e. The molecule has 2 aliphatic heterocycles. The van der Waals surface area contributed by atoms with E-state index in [-0.39, 0.29) is 28.2 Å². The molecular formula is C35H37ClFN3O3. The van der Waals surface area contributed by atoms with Crippen LogP contribution < -0.4 is 16.0 Å². The maximum absolute atomic E-state index is 16.0. The fourth-order valence-corrected chi connectivity index (χ4v) is 7.90. The Bertz CT molecular complexity index is 1620. The van der Waals surface area contributed by atoms with Crippen molar-refractivity contribution in [2.45, 2.75) is 82.7 Å². The number of rotatable bonds is 4. The third kappa shape index (κ3) is 4.59. The minimum absolute atomic E-state index is 0.00154. The fraction of sp³-hybridized carbons (Fsp3) is 0.400. The molecule has 2 heterocycles. The number of Topliss-reactive ketones (excluding diaryl/α,β-unsaturated/α-hetero) is 1. The molecule has 1 saturated heterocycles. The molecule has 3 aliphatic rings. The van der Waals surface area contributed by atoms with Crippen molar-refractivity contribution in [3.8, 4) is 0 Å². The summed E-state index contributed by atoms with van der Waals surface area (Å²) >= 11 is 6.33. The Hall–Kier alpha value is -3.55. The Kier molecular flexibility index (Phi) is 7.25. The quantitative estimate of drug-likeness (QED) is 0.274. The van der Waals surface area contributed by atoms with Gasteiger partial charge in [0.1, 0.15) is 11.2 Å². The normalized spacial score (nSPS) is 24.2. The number of carbonyl (C=O) groups is 3. The van der Waals surface area contributed by atoms with Crippen molar-refractivity contribution in [3.05, 3.63) is 93.8 Å². The first kappa shape index (κ1) is 29.5. The van der Waals surface area contributed by atoms with Gasteiger partial charge in [0.15, 0.2) is 5.78 Å². The van der Waals surface area contributed by atoms with Crippen LogP contribution in [0.25, 0.3) is 0 Å². The number of hydrogen-bond acceptors (Lipinski definition) is 4. The summed E-state index contributed by atoms with van der Waals surface area (Å²) in [7, 11) is 0. The van der Waals surface area contributed by atoms with Crippen LogP contribution in [0.1, 0.15) is 85.8 Å². The number of amides is 2. The molecule has 0 unspecified atom stereocenters. The van der Waals surface area contributed by atoms with Gasteiger partial charge in [0.05, 0.1) is 11.1 Å². The molecule has 6 rings (SSSR count). The lowest BCUT2D eigenvalue weighted by Gasteiger charge is -2.47. The molecule has 2 amide bonds. The molecule has 43 heavy (non-hydrogen) atoms. The van der Waals surface area contributed by atoms with Gasteiger partial charge < -0.3 is 10.6 Å². The van der Waals surface area contributed by atoms with E-state index in [4.69, 9.17) is 11.6 Å².